The minimum Gasteiger partial charge on any atom is -0.385 e. The lowest BCUT2D eigenvalue weighted by Crippen LogP contribution is -2.27. The smallest absolute Gasteiger partial charge is 0.162 e. The molecule has 0 atom stereocenters. The van der Waals surface area contributed by atoms with Gasteiger partial charge in [0.05, 0.1) is 0 Å². The van der Waals surface area contributed by atoms with E-state index in [4.69, 9.17) is 0 Å². The first-order valence-corrected chi connectivity index (χ1v) is 7.62. The van der Waals surface area contributed by atoms with Crippen molar-refractivity contribution in [3.05, 3.63) is 29.8 Å². The van der Waals surface area contributed by atoms with Crippen molar-refractivity contribution in [3.8, 4) is 0 Å². The van der Waals surface area contributed by atoms with Crippen LogP contribution in [0.15, 0.2) is 24.3 Å². The lowest BCUT2D eigenvalue weighted by Gasteiger charge is -2.20. The molecule has 3 heteroatoms. The van der Waals surface area contributed by atoms with Crippen LogP contribution < -0.4 is 5.32 Å². The largest absolute Gasteiger partial charge is 0.385 e. The van der Waals surface area contributed by atoms with E-state index in [2.05, 4.69) is 31.1 Å². The van der Waals surface area contributed by atoms with Gasteiger partial charge in [0, 0.05) is 30.3 Å². The molecule has 0 aliphatic carbocycles. The third kappa shape index (κ3) is 5.74. The molecule has 0 radical (unpaired) electrons. The summed E-state index contributed by atoms with van der Waals surface area (Å²) in [6.45, 7) is 8.45. The summed E-state index contributed by atoms with van der Waals surface area (Å²) >= 11 is 0. The van der Waals surface area contributed by atoms with E-state index in [-0.39, 0.29) is 5.78 Å². The molecule has 0 unspecified atom stereocenters. The van der Waals surface area contributed by atoms with E-state index >= 15 is 0 Å². The van der Waals surface area contributed by atoms with Crippen LogP contribution in [-0.4, -0.2) is 36.9 Å². The Labute approximate surface area is 123 Å². The maximum absolute atomic E-state index is 11.5. The minimum atomic E-state index is 0.202. The molecule has 3 nitrogen and oxygen atoms in total. The molecule has 0 bridgehead atoms. The first kappa shape index (κ1) is 16.7. The number of hydrogen-bond acceptors (Lipinski definition) is 3. The van der Waals surface area contributed by atoms with Crippen LogP contribution in [0.5, 0.6) is 0 Å². The van der Waals surface area contributed by atoms with E-state index in [0.29, 0.717) is 12.5 Å². The number of anilines is 1. The highest BCUT2D eigenvalue weighted by molar-refractivity contribution is 5.96. The second-order valence-corrected chi connectivity index (χ2v) is 5.56. The number of ketones is 1. The first-order chi connectivity index (χ1) is 9.54. The van der Waals surface area contributed by atoms with Crippen LogP contribution in [0, 0.1) is 0 Å². The molecule has 0 amide bonds. The Hall–Kier alpha value is -1.35. The van der Waals surface area contributed by atoms with Crippen LogP contribution in [0.1, 0.15) is 50.4 Å². The average molecular weight is 276 g/mol. The number of rotatable bonds is 9. The van der Waals surface area contributed by atoms with Crippen molar-refractivity contribution >= 4 is 11.5 Å². The highest BCUT2D eigenvalue weighted by Gasteiger charge is 2.03. The Bertz CT molecular complexity index is 398. The molecule has 1 aromatic carbocycles. The maximum atomic E-state index is 11.5. The molecule has 0 spiro atoms. The Kier molecular flexibility index (Phi) is 7.31. The molecule has 0 saturated heterocycles. The van der Waals surface area contributed by atoms with Crippen LogP contribution in [0.2, 0.25) is 0 Å². The van der Waals surface area contributed by atoms with Gasteiger partial charge in [-0.1, -0.05) is 6.92 Å². The minimum absolute atomic E-state index is 0.202. The SMILES string of the molecule is CCC(=O)c1ccc(NCCCCN(C)C(C)C)cc1. The number of benzene rings is 1. The van der Waals surface area contributed by atoms with Gasteiger partial charge in [0.2, 0.25) is 0 Å². The molecule has 0 aromatic heterocycles. The molecule has 0 saturated carbocycles. The Balaban J connectivity index is 2.24. The zero-order chi connectivity index (χ0) is 15.0. The number of nitrogens with one attached hydrogen (secondary N) is 1. The molecule has 1 N–H and O–H groups in total. The first-order valence-electron chi connectivity index (χ1n) is 7.62. The Morgan fingerprint density at radius 2 is 1.85 bits per heavy atom. The highest BCUT2D eigenvalue weighted by Crippen LogP contribution is 2.11. The van der Waals surface area contributed by atoms with Gasteiger partial charge in [-0.25, -0.2) is 0 Å². The van der Waals surface area contributed by atoms with Gasteiger partial charge in [0.1, 0.15) is 0 Å². The van der Waals surface area contributed by atoms with E-state index in [1.807, 2.05) is 31.2 Å². The van der Waals surface area contributed by atoms with Crippen molar-refractivity contribution in [1.29, 1.82) is 0 Å². The van der Waals surface area contributed by atoms with E-state index in [1.54, 1.807) is 0 Å². The van der Waals surface area contributed by atoms with Crippen LogP contribution >= 0.6 is 0 Å². The molecular formula is C17H28N2O. The predicted molar refractivity (Wildman–Crippen MR) is 86.6 cm³/mol. The molecule has 0 aliphatic heterocycles. The standard InChI is InChI=1S/C17H28N2O/c1-5-17(20)15-8-10-16(11-9-15)18-12-6-7-13-19(4)14(2)3/h8-11,14,18H,5-7,12-13H2,1-4H3. The number of unbranched alkanes of at least 4 members (excludes halogenated alkanes) is 1. The zero-order valence-corrected chi connectivity index (χ0v) is 13.3. The van der Waals surface area contributed by atoms with E-state index < -0.39 is 0 Å². The molecule has 112 valence electrons. The summed E-state index contributed by atoms with van der Waals surface area (Å²) in [6.07, 6.45) is 2.93. The summed E-state index contributed by atoms with van der Waals surface area (Å²) in [6, 6.07) is 8.40. The Morgan fingerprint density at radius 3 is 2.40 bits per heavy atom. The lowest BCUT2D eigenvalue weighted by molar-refractivity contribution is 0.0988. The second kappa shape index (κ2) is 8.75. The quantitative estimate of drug-likeness (QED) is 0.550. The third-order valence-electron chi connectivity index (χ3n) is 3.68. The normalized spacial score (nSPS) is 11.1. The van der Waals surface area contributed by atoms with Crippen molar-refractivity contribution in [2.75, 3.05) is 25.5 Å². The molecule has 1 aromatic rings. The molecule has 0 aliphatic rings. The van der Waals surface area contributed by atoms with Crippen molar-refractivity contribution in [1.82, 2.24) is 4.90 Å². The number of nitrogens with zero attached hydrogens (tertiary/aromatic N) is 1. The van der Waals surface area contributed by atoms with Crippen molar-refractivity contribution < 1.29 is 4.79 Å². The van der Waals surface area contributed by atoms with Crippen LogP contribution in [-0.2, 0) is 0 Å². The van der Waals surface area contributed by atoms with Gasteiger partial charge < -0.3 is 10.2 Å². The number of carbonyl (C=O) groups excluding carboxylic acids is 1. The van der Waals surface area contributed by atoms with Gasteiger partial charge in [-0.2, -0.15) is 0 Å². The number of Topliss-reactive ketones (excluding diaryl/α,β-unsaturated/α-hetero) is 1. The van der Waals surface area contributed by atoms with Gasteiger partial charge in [0.15, 0.2) is 5.78 Å². The molecule has 1 rings (SSSR count). The summed E-state index contributed by atoms with van der Waals surface area (Å²) in [5.41, 5.74) is 1.89. The van der Waals surface area contributed by atoms with Crippen LogP contribution in [0.4, 0.5) is 5.69 Å². The lowest BCUT2D eigenvalue weighted by atomic mass is 10.1. The topological polar surface area (TPSA) is 32.3 Å². The summed E-state index contributed by atoms with van der Waals surface area (Å²) in [5.74, 6) is 0.202. The van der Waals surface area contributed by atoms with Gasteiger partial charge >= 0.3 is 0 Å². The van der Waals surface area contributed by atoms with Crippen molar-refractivity contribution in [2.45, 2.75) is 46.1 Å². The molecule has 20 heavy (non-hydrogen) atoms. The van der Waals surface area contributed by atoms with Crippen LogP contribution in [0.3, 0.4) is 0 Å². The molecule has 0 heterocycles. The van der Waals surface area contributed by atoms with E-state index in [0.717, 1.165) is 30.8 Å². The van der Waals surface area contributed by atoms with E-state index in [9.17, 15) is 4.79 Å². The van der Waals surface area contributed by atoms with Gasteiger partial charge in [-0.15, -0.1) is 0 Å². The van der Waals surface area contributed by atoms with Crippen molar-refractivity contribution in [3.63, 3.8) is 0 Å². The van der Waals surface area contributed by atoms with Gasteiger partial charge in [-0.3, -0.25) is 4.79 Å². The number of carbonyl (C=O) groups is 1. The number of hydrogen-bond donors (Lipinski definition) is 1. The second-order valence-electron chi connectivity index (χ2n) is 5.56. The average Bonchev–Trinajstić information content (AvgIpc) is 2.46. The fourth-order valence-electron chi connectivity index (χ4n) is 1.96. The molecular weight excluding hydrogens is 248 g/mol. The van der Waals surface area contributed by atoms with Crippen molar-refractivity contribution in [2.24, 2.45) is 0 Å². The van der Waals surface area contributed by atoms with Crippen LogP contribution in [0.25, 0.3) is 0 Å². The predicted octanol–water partition coefficient (Wildman–Crippen LogP) is 3.81. The third-order valence-corrected chi connectivity index (χ3v) is 3.68. The van der Waals surface area contributed by atoms with Gasteiger partial charge in [-0.05, 0) is 64.5 Å². The summed E-state index contributed by atoms with van der Waals surface area (Å²) in [7, 11) is 2.17. The highest BCUT2D eigenvalue weighted by atomic mass is 16.1. The summed E-state index contributed by atoms with van der Waals surface area (Å²) in [4.78, 5) is 13.9. The molecule has 0 fully saturated rings. The maximum Gasteiger partial charge on any atom is 0.162 e. The van der Waals surface area contributed by atoms with Gasteiger partial charge in [0.25, 0.3) is 0 Å². The summed E-state index contributed by atoms with van der Waals surface area (Å²) < 4.78 is 0. The Morgan fingerprint density at radius 1 is 1.20 bits per heavy atom. The fraction of sp³-hybridized carbons (Fsp3) is 0.588. The fourth-order valence-corrected chi connectivity index (χ4v) is 1.96. The van der Waals surface area contributed by atoms with E-state index in [1.165, 1.54) is 6.42 Å². The monoisotopic (exact) mass is 276 g/mol. The summed E-state index contributed by atoms with van der Waals surface area (Å²) in [5, 5.41) is 3.40. The zero-order valence-electron chi connectivity index (χ0n) is 13.3.